The zero-order valence-electron chi connectivity index (χ0n) is 10.7. The minimum atomic E-state index is 0.231. The Kier molecular flexibility index (Phi) is 5.07. The zero-order chi connectivity index (χ0) is 11.4. The topological polar surface area (TPSA) is 35.2 Å². The van der Waals surface area contributed by atoms with Crippen LogP contribution < -0.4 is 5.73 Å². The average molecular weight is 213 g/mol. The fraction of sp³-hybridized carbons (Fsp3) is 1.00. The molecule has 0 radical (unpaired) electrons. The van der Waals surface area contributed by atoms with Crippen molar-refractivity contribution in [3.8, 4) is 0 Å². The summed E-state index contributed by atoms with van der Waals surface area (Å²) in [6.07, 6.45) is 5.17. The van der Waals surface area contributed by atoms with Crippen LogP contribution in [0.2, 0.25) is 0 Å². The summed E-state index contributed by atoms with van der Waals surface area (Å²) in [4.78, 5) is 0. The third kappa shape index (κ3) is 3.18. The Labute approximate surface area is 94.6 Å². The van der Waals surface area contributed by atoms with Crippen molar-refractivity contribution in [3.63, 3.8) is 0 Å². The number of ether oxygens (including phenoxy) is 1. The molecule has 5 unspecified atom stereocenters. The highest BCUT2D eigenvalue weighted by molar-refractivity contribution is 4.85. The molecule has 1 rings (SSSR count). The van der Waals surface area contributed by atoms with E-state index in [0.29, 0.717) is 5.92 Å². The van der Waals surface area contributed by atoms with Crippen molar-refractivity contribution in [2.75, 3.05) is 7.11 Å². The van der Waals surface area contributed by atoms with Gasteiger partial charge in [-0.3, -0.25) is 0 Å². The predicted octanol–water partition coefficient (Wildman–Crippen LogP) is 2.81. The van der Waals surface area contributed by atoms with E-state index < -0.39 is 0 Å². The van der Waals surface area contributed by atoms with E-state index in [1.54, 1.807) is 7.11 Å². The molecule has 2 nitrogen and oxygen atoms in total. The van der Waals surface area contributed by atoms with Gasteiger partial charge in [-0.2, -0.15) is 0 Å². The fourth-order valence-electron chi connectivity index (χ4n) is 2.84. The van der Waals surface area contributed by atoms with Gasteiger partial charge in [-0.15, -0.1) is 0 Å². The summed E-state index contributed by atoms with van der Waals surface area (Å²) in [5.74, 6) is 2.36. The van der Waals surface area contributed by atoms with Gasteiger partial charge < -0.3 is 10.5 Å². The second-order valence-corrected chi connectivity index (χ2v) is 5.29. The Bertz CT molecular complexity index is 179. The lowest BCUT2D eigenvalue weighted by Gasteiger charge is -2.37. The minimum absolute atomic E-state index is 0.231. The van der Waals surface area contributed by atoms with Crippen molar-refractivity contribution in [1.29, 1.82) is 0 Å². The largest absolute Gasteiger partial charge is 0.380 e. The Hall–Kier alpha value is -0.0800. The van der Waals surface area contributed by atoms with E-state index in [0.717, 1.165) is 18.3 Å². The van der Waals surface area contributed by atoms with Crippen LogP contribution in [0.3, 0.4) is 0 Å². The van der Waals surface area contributed by atoms with Gasteiger partial charge in [0.2, 0.25) is 0 Å². The Morgan fingerprint density at radius 2 is 1.93 bits per heavy atom. The van der Waals surface area contributed by atoms with E-state index in [-0.39, 0.29) is 12.1 Å². The molecule has 5 atom stereocenters. The summed E-state index contributed by atoms with van der Waals surface area (Å²) in [5, 5.41) is 0. The first-order valence-electron chi connectivity index (χ1n) is 6.38. The van der Waals surface area contributed by atoms with E-state index in [1.165, 1.54) is 19.3 Å². The summed E-state index contributed by atoms with van der Waals surface area (Å²) >= 11 is 0. The first-order chi connectivity index (χ1) is 7.10. The third-order valence-corrected chi connectivity index (χ3v) is 4.32. The molecule has 1 saturated carbocycles. The van der Waals surface area contributed by atoms with Crippen molar-refractivity contribution in [2.24, 2.45) is 23.5 Å². The van der Waals surface area contributed by atoms with Crippen LogP contribution in [0.25, 0.3) is 0 Å². The van der Waals surface area contributed by atoms with Gasteiger partial charge >= 0.3 is 0 Å². The van der Waals surface area contributed by atoms with Crippen molar-refractivity contribution >= 4 is 0 Å². The average Bonchev–Trinajstić information content (AvgIpc) is 2.23. The maximum absolute atomic E-state index is 6.30. The molecule has 0 aromatic heterocycles. The van der Waals surface area contributed by atoms with Crippen LogP contribution in [-0.4, -0.2) is 19.3 Å². The molecule has 0 heterocycles. The van der Waals surface area contributed by atoms with Gasteiger partial charge in [0, 0.05) is 13.2 Å². The highest BCUT2D eigenvalue weighted by Gasteiger charge is 2.31. The van der Waals surface area contributed by atoms with E-state index >= 15 is 0 Å². The van der Waals surface area contributed by atoms with Gasteiger partial charge in [0.15, 0.2) is 0 Å². The van der Waals surface area contributed by atoms with Gasteiger partial charge in [0.05, 0.1) is 6.10 Å². The number of nitrogens with two attached hydrogens (primary N) is 1. The molecule has 0 aliphatic heterocycles. The molecule has 90 valence electrons. The van der Waals surface area contributed by atoms with E-state index in [2.05, 4.69) is 20.8 Å². The molecule has 0 aromatic rings. The Morgan fingerprint density at radius 3 is 2.40 bits per heavy atom. The fourth-order valence-corrected chi connectivity index (χ4v) is 2.84. The number of hydrogen-bond donors (Lipinski definition) is 1. The van der Waals surface area contributed by atoms with Crippen molar-refractivity contribution in [1.82, 2.24) is 0 Å². The highest BCUT2D eigenvalue weighted by Crippen LogP contribution is 2.35. The first kappa shape index (κ1) is 13.0. The van der Waals surface area contributed by atoms with Gasteiger partial charge in [0.25, 0.3) is 0 Å². The summed E-state index contributed by atoms with van der Waals surface area (Å²) < 4.78 is 5.45. The maximum atomic E-state index is 6.30. The predicted molar refractivity (Wildman–Crippen MR) is 64.7 cm³/mol. The SMILES string of the molecule is CCC(OC)C(N)C1CCC(C)C(C)C1. The molecule has 2 N–H and O–H groups in total. The van der Waals surface area contributed by atoms with Crippen molar-refractivity contribution < 1.29 is 4.74 Å². The number of rotatable bonds is 4. The molecule has 1 fully saturated rings. The first-order valence-corrected chi connectivity index (χ1v) is 6.38. The lowest BCUT2D eigenvalue weighted by atomic mass is 9.72. The van der Waals surface area contributed by atoms with Crippen LogP contribution in [-0.2, 0) is 4.74 Å². The molecular weight excluding hydrogens is 186 g/mol. The number of hydrogen-bond acceptors (Lipinski definition) is 2. The van der Waals surface area contributed by atoms with Gasteiger partial charge in [-0.05, 0) is 37.0 Å². The molecule has 0 saturated heterocycles. The highest BCUT2D eigenvalue weighted by atomic mass is 16.5. The van der Waals surface area contributed by atoms with E-state index in [1.807, 2.05) is 0 Å². The standard InChI is InChI=1S/C13H27NO/c1-5-12(15-4)13(14)11-7-6-9(2)10(3)8-11/h9-13H,5-8,14H2,1-4H3. The second-order valence-electron chi connectivity index (χ2n) is 5.29. The normalized spacial score (nSPS) is 36.2. The van der Waals surface area contributed by atoms with Gasteiger partial charge in [0.1, 0.15) is 0 Å². The molecule has 0 amide bonds. The van der Waals surface area contributed by atoms with Crippen LogP contribution in [0, 0.1) is 17.8 Å². The molecule has 2 heteroatoms. The minimum Gasteiger partial charge on any atom is -0.380 e. The molecule has 1 aliphatic rings. The van der Waals surface area contributed by atoms with Crippen LogP contribution in [0.4, 0.5) is 0 Å². The summed E-state index contributed by atoms with van der Waals surface area (Å²) in [6, 6.07) is 0.231. The van der Waals surface area contributed by atoms with Crippen molar-refractivity contribution in [3.05, 3.63) is 0 Å². The molecular formula is C13H27NO. The molecule has 0 aromatic carbocycles. The molecule has 15 heavy (non-hydrogen) atoms. The molecule has 0 bridgehead atoms. The van der Waals surface area contributed by atoms with Gasteiger partial charge in [-0.25, -0.2) is 0 Å². The number of methoxy groups -OCH3 is 1. The Morgan fingerprint density at radius 1 is 1.27 bits per heavy atom. The monoisotopic (exact) mass is 213 g/mol. The van der Waals surface area contributed by atoms with Crippen molar-refractivity contribution in [2.45, 2.75) is 58.6 Å². The lowest BCUT2D eigenvalue weighted by molar-refractivity contribution is 0.0412. The Balaban J connectivity index is 2.49. The summed E-state index contributed by atoms with van der Waals surface area (Å²) in [6.45, 7) is 6.88. The zero-order valence-corrected chi connectivity index (χ0v) is 10.7. The van der Waals surface area contributed by atoms with E-state index in [9.17, 15) is 0 Å². The summed E-state index contributed by atoms with van der Waals surface area (Å²) in [5.41, 5.74) is 6.30. The van der Waals surface area contributed by atoms with Crippen LogP contribution >= 0.6 is 0 Å². The van der Waals surface area contributed by atoms with Gasteiger partial charge in [-0.1, -0.05) is 27.2 Å². The quantitative estimate of drug-likeness (QED) is 0.779. The third-order valence-electron chi connectivity index (χ3n) is 4.32. The van der Waals surface area contributed by atoms with Crippen LogP contribution in [0.5, 0.6) is 0 Å². The van der Waals surface area contributed by atoms with Crippen LogP contribution in [0.15, 0.2) is 0 Å². The van der Waals surface area contributed by atoms with E-state index in [4.69, 9.17) is 10.5 Å². The summed E-state index contributed by atoms with van der Waals surface area (Å²) in [7, 11) is 1.78. The van der Waals surface area contributed by atoms with Crippen LogP contribution in [0.1, 0.15) is 46.5 Å². The second kappa shape index (κ2) is 5.86. The molecule has 0 spiro atoms. The maximum Gasteiger partial charge on any atom is 0.0722 e. The molecule has 1 aliphatic carbocycles. The smallest absolute Gasteiger partial charge is 0.0722 e. The lowest BCUT2D eigenvalue weighted by Crippen LogP contribution is -2.44.